The summed E-state index contributed by atoms with van der Waals surface area (Å²) in [6.45, 7) is 4.30. The van der Waals surface area contributed by atoms with Gasteiger partial charge in [-0.25, -0.2) is 0 Å². The van der Waals surface area contributed by atoms with Crippen molar-refractivity contribution in [2.45, 2.75) is 19.9 Å². The second-order valence-corrected chi connectivity index (χ2v) is 4.33. The maximum atomic E-state index is 5.36. The number of aryl methyl sites for hydroxylation is 1. The van der Waals surface area contributed by atoms with Crippen molar-refractivity contribution in [2.24, 2.45) is 0 Å². The largest absolute Gasteiger partial charge is 0.454 e. The number of ether oxygens (including phenoxy) is 2. The van der Waals surface area contributed by atoms with Gasteiger partial charge in [-0.3, -0.25) is 0 Å². The molecule has 1 aliphatic heterocycles. The van der Waals surface area contributed by atoms with Gasteiger partial charge in [0.15, 0.2) is 11.5 Å². The van der Waals surface area contributed by atoms with Gasteiger partial charge in [-0.15, -0.1) is 0 Å². The molecule has 0 aromatic heterocycles. The standard InChI is InChI=1S/C12H17NO2S/c1-9-5-11-12(15-8-14-11)6-10(9)7-13-3-2-4-16/h5-6,13,16H,2-4,7-8H2,1H3. The molecule has 0 fully saturated rings. The molecule has 0 unspecified atom stereocenters. The molecule has 1 aliphatic rings. The Morgan fingerprint density at radius 3 is 2.81 bits per heavy atom. The normalized spacial score (nSPS) is 13.1. The van der Waals surface area contributed by atoms with Crippen molar-refractivity contribution in [1.29, 1.82) is 0 Å². The Labute approximate surface area is 102 Å². The summed E-state index contributed by atoms with van der Waals surface area (Å²) in [4.78, 5) is 0. The van der Waals surface area contributed by atoms with Gasteiger partial charge in [0.2, 0.25) is 6.79 Å². The minimum Gasteiger partial charge on any atom is -0.454 e. The van der Waals surface area contributed by atoms with Gasteiger partial charge in [0.1, 0.15) is 0 Å². The highest BCUT2D eigenvalue weighted by atomic mass is 32.1. The van der Waals surface area contributed by atoms with Gasteiger partial charge in [0, 0.05) is 6.54 Å². The van der Waals surface area contributed by atoms with Gasteiger partial charge in [-0.2, -0.15) is 12.6 Å². The molecule has 1 heterocycles. The highest BCUT2D eigenvalue weighted by molar-refractivity contribution is 7.80. The van der Waals surface area contributed by atoms with E-state index in [0.717, 1.165) is 36.8 Å². The van der Waals surface area contributed by atoms with Crippen LogP contribution in [0.1, 0.15) is 17.5 Å². The minimum atomic E-state index is 0.339. The van der Waals surface area contributed by atoms with Gasteiger partial charge in [-0.05, 0) is 48.9 Å². The summed E-state index contributed by atoms with van der Waals surface area (Å²) in [5.41, 5.74) is 2.51. The smallest absolute Gasteiger partial charge is 0.231 e. The third kappa shape index (κ3) is 2.62. The number of nitrogens with one attached hydrogen (secondary N) is 1. The van der Waals surface area contributed by atoms with E-state index in [9.17, 15) is 0 Å². The molecule has 2 rings (SSSR count). The van der Waals surface area contributed by atoms with Crippen LogP contribution in [0.5, 0.6) is 11.5 Å². The molecule has 88 valence electrons. The van der Waals surface area contributed by atoms with Crippen molar-refractivity contribution in [3.05, 3.63) is 23.3 Å². The molecule has 0 aliphatic carbocycles. The summed E-state index contributed by atoms with van der Waals surface area (Å²) in [7, 11) is 0. The molecule has 0 radical (unpaired) electrons. The van der Waals surface area contributed by atoms with Crippen molar-refractivity contribution in [3.63, 3.8) is 0 Å². The fourth-order valence-corrected chi connectivity index (χ4v) is 1.86. The van der Waals surface area contributed by atoms with Crippen LogP contribution in [0.15, 0.2) is 12.1 Å². The molecule has 1 aromatic carbocycles. The van der Waals surface area contributed by atoms with E-state index in [4.69, 9.17) is 9.47 Å². The van der Waals surface area contributed by atoms with Gasteiger partial charge in [-0.1, -0.05) is 0 Å². The van der Waals surface area contributed by atoms with Gasteiger partial charge >= 0.3 is 0 Å². The van der Waals surface area contributed by atoms with Crippen LogP contribution in [0.4, 0.5) is 0 Å². The highest BCUT2D eigenvalue weighted by Gasteiger charge is 2.15. The van der Waals surface area contributed by atoms with Crippen LogP contribution < -0.4 is 14.8 Å². The van der Waals surface area contributed by atoms with E-state index in [-0.39, 0.29) is 0 Å². The van der Waals surface area contributed by atoms with Crippen molar-refractivity contribution >= 4 is 12.6 Å². The Morgan fingerprint density at radius 2 is 2.06 bits per heavy atom. The third-order valence-corrected chi connectivity index (χ3v) is 2.97. The quantitative estimate of drug-likeness (QED) is 0.609. The van der Waals surface area contributed by atoms with Gasteiger partial charge < -0.3 is 14.8 Å². The average molecular weight is 239 g/mol. The Kier molecular flexibility index (Phi) is 3.96. The molecule has 1 N–H and O–H groups in total. The molecule has 0 atom stereocenters. The van der Waals surface area contributed by atoms with E-state index >= 15 is 0 Å². The van der Waals surface area contributed by atoms with Crippen LogP contribution in [-0.2, 0) is 6.54 Å². The summed E-state index contributed by atoms with van der Waals surface area (Å²) in [5, 5.41) is 3.39. The third-order valence-electron chi connectivity index (χ3n) is 2.66. The summed E-state index contributed by atoms with van der Waals surface area (Å²) in [5.74, 6) is 2.64. The molecule has 3 nitrogen and oxygen atoms in total. The van der Waals surface area contributed by atoms with Crippen LogP contribution in [0.3, 0.4) is 0 Å². The van der Waals surface area contributed by atoms with Crippen LogP contribution >= 0.6 is 12.6 Å². The van der Waals surface area contributed by atoms with E-state index in [1.807, 2.05) is 6.07 Å². The SMILES string of the molecule is Cc1cc2c(cc1CNCCCS)OCO2. The molecule has 4 heteroatoms. The molecule has 0 spiro atoms. The van der Waals surface area contributed by atoms with E-state index < -0.39 is 0 Å². The van der Waals surface area contributed by atoms with E-state index in [2.05, 4.69) is 30.9 Å². The zero-order chi connectivity index (χ0) is 11.4. The van der Waals surface area contributed by atoms with Gasteiger partial charge in [0.05, 0.1) is 0 Å². The number of hydrogen-bond acceptors (Lipinski definition) is 4. The zero-order valence-corrected chi connectivity index (χ0v) is 10.3. The Hall–Kier alpha value is -0.870. The van der Waals surface area contributed by atoms with Crippen LogP contribution in [0, 0.1) is 6.92 Å². The average Bonchev–Trinajstić information content (AvgIpc) is 2.71. The van der Waals surface area contributed by atoms with Crippen LogP contribution in [0.25, 0.3) is 0 Å². The first-order chi connectivity index (χ1) is 7.81. The Bertz CT molecular complexity index is 368. The first-order valence-electron chi connectivity index (χ1n) is 5.52. The molecular weight excluding hydrogens is 222 g/mol. The molecule has 0 bridgehead atoms. The number of thiol groups is 1. The predicted octanol–water partition coefficient (Wildman–Crippen LogP) is 2.13. The lowest BCUT2D eigenvalue weighted by atomic mass is 10.1. The second kappa shape index (κ2) is 5.46. The number of fused-ring (bicyclic) bond motifs is 1. The first-order valence-corrected chi connectivity index (χ1v) is 6.15. The summed E-state index contributed by atoms with van der Waals surface area (Å²) >= 11 is 4.18. The maximum absolute atomic E-state index is 5.36. The Morgan fingerprint density at radius 1 is 1.31 bits per heavy atom. The van der Waals surface area contributed by atoms with Crippen molar-refractivity contribution in [1.82, 2.24) is 5.32 Å². The highest BCUT2D eigenvalue weighted by Crippen LogP contribution is 2.34. The zero-order valence-electron chi connectivity index (χ0n) is 9.45. The number of rotatable bonds is 5. The maximum Gasteiger partial charge on any atom is 0.231 e. The first kappa shape index (κ1) is 11.6. The second-order valence-electron chi connectivity index (χ2n) is 3.89. The molecule has 0 amide bonds. The van der Waals surface area contributed by atoms with E-state index in [1.54, 1.807) is 0 Å². The van der Waals surface area contributed by atoms with Crippen LogP contribution in [-0.4, -0.2) is 19.1 Å². The lowest BCUT2D eigenvalue weighted by molar-refractivity contribution is 0.174. The fraction of sp³-hybridized carbons (Fsp3) is 0.500. The topological polar surface area (TPSA) is 30.5 Å². The predicted molar refractivity (Wildman–Crippen MR) is 67.5 cm³/mol. The lowest BCUT2D eigenvalue weighted by Gasteiger charge is -2.08. The van der Waals surface area contributed by atoms with E-state index in [0.29, 0.717) is 6.79 Å². The molecular formula is C12H17NO2S. The van der Waals surface area contributed by atoms with Crippen LogP contribution in [0.2, 0.25) is 0 Å². The number of hydrogen-bond donors (Lipinski definition) is 2. The van der Waals surface area contributed by atoms with E-state index in [1.165, 1.54) is 11.1 Å². The summed E-state index contributed by atoms with van der Waals surface area (Å²) in [6, 6.07) is 4.10. The molecule has 1 aromatic rings. The van der Waals surface area contributed by atoms with Crippen molar-refractivity contribution in [3.8, 4) is 11.5 Å². The van der Waals surface area contributed by atoms with Gasteiger partial charge in [0.25, 0.3) is 0 Å². The molecule has 0 saturated carbocycles. The summed E-state index contributed by atoms with van der Waals surface area (Å²) in [6.07, 6.45) is 1.09. The monoisotopic (exact) mass is 239 g/mol. The lowest BCUT2D eigenvalue weighted by Crippen LogP contribution is -2.15. The van der Waals surface area contributed by atoms with Crippen molar-refractivity contribution in [2.75, 3.05) is 19.1 Å². The summed E-state index contributed by atoms with van der Waals surface area (Å²) < 4.78 is 10.7. The number of benzene rings is 1. The molecule has 16 heavy (non-hydrogen) atoms. The fourth-order valence-electron chi connectivity index (χ4n) is 1.70. The molecule has 0 saturated heterocycles. The minimum absolute atomic E-state index is 0.339. The van der Waals surface area contributed by atoms with Crippen molar-refractivity contribution < 1.29 is 9.47 Å². The Balaban J connectivity index is 1.98.